The van der Waals surface area contributed by atoms with Crippen LogP contribution in [-0.4, -0.2) is 22.6 Å². The fourth-order valence-corrected chi connectivity index (χ4v) is 3.61. The molecule has 1 aromatic heterocycles. The number of amides is 1. The lowest BCUT2D eigenvalue weighted by molar-refractivity contribution is -0.124. The minimum atomic E-state index is 0.192. The first-order valence-electron chi connectivity index (χ1n) is 7.91. The highest BCUT2D eigenvalue weighted by molar-refractivity contribution is 7.18. The molecule has 0 aliphatic heterocycles. The summed E-state index contributed by atoms with van der Waals surface area (Å²) in [5.74, 6) is 0.415. The van der Waals surface area contributed by atoms with Crippen LogP contribution in [0.15, 0.2) is 24.3 Å². The van der Waals surface area contributed by atoms with Crippen molar-refractivity contribution in [1.29, 1.82) is 0 Å². The van der Waals surface area contributed by atoms with E-state index in [1.54, 1.807) is 0 Å². The van der Waals surface area contributed by atoms with Crippen molar-refractivity contribution in [1.82, 2.24) is 10.2 Å². The standard InChI is InChI=1S/C17H21N3OS/c1-3-11-20(16(21)13-8-6-9-13)17-19-18-15(22-17)14-10-5-4-7-12(14)2/h4-5,7,10,13H,3,6,8-9,11H2,1-2H3. The van der Waals surface area contributed by atoms with Gasteiger partial charge in [0.2, 0.25) is 11.0 Å². The fourth-order valence-electron chi connectivity index (χ4n) is 2.65. The van der Waals surface area contributed by atoms with Gasteiger partial charge in [-0.05, 0) is 31.7 Å². The Hall–Kier alpha value is -1.75. The van der Waals surface area contributed by atoms with Gasteiger partial charge in [-0.15, -0.1) is 10.2 Å². The van der Waals surface area contributed by atoms with Gasteiger partial charge in [-0.1, -0.05) is 48.9 Å². The summed E-state index contributed by atoms with van der Waals surface area (Å²) in [6.45, 7) is 4.88. The quantitative estimate of drug-likeness (QED) is 0.836. The summed E-state index contributed by atoms with van der Waals surface area (Å²) in [5, 5.41) is 10.2. The lowest BCUT2D eigenvalue weighted by atomic mass is 9.84. The molecule has 5 heteroatoms. The van der Waals surface area contributed by atoms with Gasteiger partial charge in [-0.2, -0.15) is 0 Å². The number of carbonyl (C=O) groups excluding carboxylic acids is 1. The van der Waals surface area contributed by atoms with E-state index in [0.717, 1.165) is 41.5 Å². The predicted octanol–water partition coefficient (Wildman–Crippen LogP) is 4.06. The van der Waals surface area contributed by atoms with Gasteiger partial charge in [-0.3, -0.25) is 9.69 Å². The molecule has 0 N–H and O–H groups in total. The van der Waals surface area contributed by atoms with Crippen molar-refractivity contribution < 1.29 is 4.79 Å². The zero-order valence-electron chi connectivity index (χ0n) is 13.1. The number of aromatic nitrogens is 2. The van der Waals surface area contributed by atoms with E-state index in [0.29, 0.717) is 0 Å². The number of hydrogen-bond donors (Lipinski definition) is 0. The number of aryl methyl sites for hydroxylation is 1. The summed E-state index contributed by atoms with van der Waals surface area (Å²) >= 11 is 1.51. The molecule has 22 heavy (non-hydrogen) atoms. The molecule has 4 nitrogen and oxygen atoms in total. The van der Waals surface area contributed by atoms with Gasteiger partial charge in [0.05, 0.1) is 0 Å². The third-order valence-electron chi connectivity index (χ3n) is 4.19. The molecule has 1 fully saturated rings. The Kier molecular flexibility index (Phi) is 4.52. The maximum absolute atomic E-state index is 12.6. The molecule has 1 heterocycles. The minimum Gasteiger partial charge on any atom is -0.286 e. The molecule has 1 amide bonds. The van der Waals surface area contributed by atoms with Crippen LogP contribution in [0.2, 0.25) is 0 Å². The first-order valence-corrected chi connectivity index (χ1v) is 8.73. The summed E-state index contributed by atoms with van der Waals surface area (Å²) < 4.78 is 0. The number of carbonyl (C=O) groups is 1. The van der Waals surface area contributed by atoms with Crippen LogP contribution in [0, 0.1) is 12.8 Å². The molecule has 0 bridgehead atoms. The van der Waals surface area contributed by atoms with Crippen molar-refractivity contribution >= 4 is 22.4 Å². The van der Waals surface area contributed by atoms with Gasteiger partial charge in [0, 0.05) is 18.0 Å². The lowest BCUT2D eigenvalue weighted by Gasteiger charge is -2.29. The van der Waals surface area contributed by atoms with E-state index in [9.17, 15) is 4.79 Å². The average Bonchev–Trinajstić information content (AvgIpc) is 2.92. The van der Waals surface area contributed by atoms with E-state index < -0.39 is 0 Å². The maximum Gasteiger partial charge on any atom is 0.231 e. The van der Waals surface area contributed by atoms with E-state index in [1.807, 2.05) is 17.0 Å². The number of rotatable bonds is 5. The van der Waals surface area contributed by atoms with Crippen LogP contribution in [0.1, 0.15) is 38.2 Å². The molecule has 0 saturated heterocycles. The Morgan fingerprint density at radius 3 is 2.73 bits per heavy atom. The van der Waals surface area contributed by atoms with E-state index in [1.165, 1.54) is 23.3 Å². The summed E-state index contributed by atoms with van der Waals surface area (Å²) in [7, 11) is 0. The first kappa shape index (κ1) is 15.2. The van der Waals surface area contributed by atoms with Gasteiger partial charge >= 0.3 is 0 Å². The Morgan fingerprint density at radius 2 is 2.09 bits per heavy atom. The van der Waals surface area contributed by atoms with Crippen molar-refractivity contribution in [2.75, 3.05) is 11.4 Å². The van der Waals surface area contributed by atoms with Gasteiger partial charge < -0.3 is 0 Å². The molecule has 0 unspecified atom stereocenters. The van der Waals surface area contributed by atoms with Crippen LogP contribution in [0.3, 0.4) is 0 Å². The second-order valence-electron chi connectivity index (χ2n) is 5.82. The van der Waals surface area contributed by atoms with Crippen LogP contribution in [0.4, 0.5) is 5.13 Å². The molecule has 1 aliphatic rings. The second-order valence-corrected chi connectivity index (χ2v) is 6.78. The fraction of sp³-hybridized carbons (Fsp3) is 0.471. The van der Waals surface area contributed by atoms with Crippen molar-refractivity contribution in [3.63, 3.8) is 0 Å². The Balaban J connectivity index is 1.86. The van der Waals surface area contributed by atoms with Crippen molar-refractivity contribution in [2.24, 2.45) is 5.92 Å². The molecule has 116 valence electrons. The normalized spacial score (nSPS) is 14.6. The zero-order valence-corrected chi connectivity index (χ0v) is 13.9. The van der Waals surface area contributed by atoms with Crippen LogP contribution in [0.5, 0.6) is 0 Å². The van der Waals surface area contributed by atoms with Gasteiger partial charge in [0.25, 0.3) is 0 Å². The summed E-state index contributed by atoms with van der Waals surface area (Å²) in [4.78, 5) is 14.4. The average molecular weight is 315 g/mol. The van der Waals surface area contributed by atoms with Crippen molar-refractivity contribution in [3.8, 4) is 10.6 Å². The summed E-state index contributed by atoms with van der Waals surface area (Å²) in [6.07, 6.45) is 4.13. The van der Waals surface area contributed by atoms with E-state index in [2.05, 4.69) is 36.2 Å². The third kappa shape index (κ3) is 2.90. The van der Waals surface area contributed by atoms with Crippen LogP contribution in [0.25, 0.3) is 10.6 Å². The number of nitrogens with zero attached hydrogens (tertiary/aromatic N) is 3. The Morgan fingerprint density at radius 1 is 1.32 bits per heavy atom. The van der Waals surface area contributed by atoms with Crippen LogP contribution in [-0.2, 0) is 4.79 Å². The largest absolute Gasteiger partial charge is 0.286 e. The summed E-state index contributed by atoms with van der Waals surface area (Å²) in [6, 6.07) is 8.15. The molecule has 1 aromatic carbocycles. The highest BCUT2D eigenvalue weighted by atomic mass is 32.1. The Bertz CT molecular complexity index is 663. The molecule has 1 saturated carbocycles. The zero-order chi connectivity index (χ0) is 15.5. The van der Waals surface area contributed by atoms with E-state index in [-0.39, 0.29) is 11.8 Å². The minimum absolute atomic E-state index is 0.192. The monoisotopic (exact) mass is 315 g/mol. The predicted molar refractivity (Wildman–Crippen MR) is 90.1 cm³/mol. The van der Waals surface area contributed by atoms with Gasteiger partial charge in [0.1, 0.15) is 5.01 Å². The van der Waals surface area contributed by atoms with E-state index >= 15 is 0 Å². The highest BCUT2D eigenvalue weighted by Gasteiger charge is 2.31. The molecular formula is C17H21N3OS. The molecule has 0 spiro atoms. The molecule has 1 aliphatic carbocycles. The van der Waals surface area contributed by atoms with Crippen LogP contribution >= 0.6 is 11.3 Å². The molecule has 0 atom stereocenters. The molecular weight excluding hydrogens is 294 g/mol. The smallest absolute Gasteiger partial charge is 0.231 e. The van der Waals surface area contributed by atoms with Crippen LogP contribution < -0.4 is 4.90 Å². The maximum atomic E-state index is 12.6. The first-order chi connectivity index (χ1) is 10.7. The lowest BCUT2D eigenvalue weighted by Crippen LogP contribution is -2.39. The number of anilines is 1. The molecule has 0 radical (unpaired) electrons. The Labute approximate surface area is 135 Å². The van der Waals surface area contributed by atoms with Crippen molar-refractivity contribution in [2.45, 2.75) is 39.5 Å². The second kappa shape index (κ2) is 6.57. The van der Waals surface area contributed by atoms with Gasteiger partial charge in [0.15, 0.2) is 0 Å². The molecule has 2 aromatic rings. The SMILES string of the molecule is CCCN(C(=O)C1CCC1)c1nnc(-c2ccccc2C)s1. The number of benzene rings is 1. The summed E-state index contributed by atoms with van der Waals surface area (Å²) in [5.41, 5.74) is 2.27. The van der Waals surface area contributed by atoms with E-state index in [4.69, 9.17) is 0 Å². The molecule has 3 rings (SSSR count). The van der Waals surface area contributed by atoms with Crippen molar-refractivity contribution in [3.05, 3.63) is 29.8 Å². The third-order valence-corrected chi connectivity index (χ3v) is 5.17. The topological polar surface area (TPSA) is 46.1 Å². The number of hydrogen-bond acceptors (Lipinski definition) is 4. The highest BCUT2D eigenvalue weighted by Crippen LogP contribution is 2.34. The van der Waals surface area contributed by atoms with Gasteiger partial charge in [-0.25, -0.2) is 0 Å².